The number of rotatable bonds is 7. The van der Waals surface area contributed by atoms with Crippen LogP contribution in [0.1, 0.15) is 49.4 Å². The number of benzene rings is 1. The van der Waals surface area contributed by atoms with Crippen LogP contribution in [0.15, 0.2) is 24.3 Å². The molecule has 2 rings (SSSR count). The third-order valence-corrected chi connectivity index (χ3v) is 6.26. The Hall–Kier alpha value is -1.60. The van der Waals surface area contributed by atoms with Crippen molar-refractivity contribution in [2.45, 2.75) is 51.1 Å². The van der Waals surface area contributed by atoms with Gasteiger partial charge >= 0.3 is 0 Å². The van der Waals surface area contributed by atoms with E-state index in [2.05, 4.69) is 17.6 Å². The van der Waals surface area contributed by atoms with Gasteiger partial charge in [0.1, 0.15) is 15.9 Å². The van der Waals surface area contributed by atoms with Gasteiger partial charge in [0.25, 0.3) is 5.91 Å². The number of halogens is 1. The summed E-state index contributed by atoms with van der Waals surface area (Å²) in [6.45, 7) is 2.10. The van der Waals surface area contributed by atoms with E-state index in [0.29, 0.717) is 5.92 Å². The second-order valence-corrected chi connectivity index (χ2v) is 9.97. The van der Waals surface area contributed by atoms with Gasteiger partial charge in [0.15, 0.2) is 0 Å². The number of sulfone groups is 1. The number of amides is 2. The molecule has 0 aliphatic heterocycles. The molecule has 1 aromatic rings. The minimum atomic E-state index is -3.26. The zero-order valence-corrected chi connectivity index (χ0v) is 17.3. The molecule has 1 aliphatic carbocycles. The highest BCUT2D eigenvalue weighted by Gasteiger charge is 2.28. The minimum absolute atomic E-state index is 0.0158. The molecule has 0 radical (unpaired) electrons. The van der Waals surface area contributed by atoms with Crippen LogP contribution in [0, 0.1) is 5.92 Å². The molecule has 2 amide bonds. The Kier molecular flexibility index (Phi) is 7.68. The Balaban J connectivity index is 2.11. The quantitative estimate of drug-likeness (QED) is 0.717. The fourth-order valence-electron chi connectivity index (χ4n) is 3.30. The van der Waals surface area contributed by atoms with E-state index in [0.717, 1.165) is 31.9 Å². The first kappa shape index (κ1) is 21.7. The van der Waals surface area contributed by atoms with E-state index in [9.17, 15) is 18.0 Å². The molecule has 27 heavy (non-hydrogen) atoms. The summed E-state index contributed by atoms with van der Waals surface area (Å²) in [5.74, 6) is -0.671. The molecule has 1 saturated carbocycles. The van der Waals surface area contributed by atoms with Gasteiger partial charge in [0, 0.05) is 12.3 Å². The monoisotopic (exact) mass is 414 g/mol. The van der Waals surface area contributed by atoms with Gasteiger partial charge in [-0.3, -0.25) is 9.59 Å². The molecule has 0 spiro atoms. The van der Waals surface area contributed by atoms with Gasteiger partial charge in [0.05, 0.1) is 16.3 Å². The highest BCUT2D eigenvalue weighted by atomic mass is 35.5. The lowest BCUT2D eigenvalue weighted by molar-refractivity contribution is -0.124. The Bertz CT molecular complexity index is 782. The predicted molar refractivity (Wildman–Crippen MR) is 107 cm³/mol. The molecular formula is C19H27ClN2O4S. The van der Waals surface area contributed by atoms with Gasteiger partial charge in [-0.2, -0.15) is 0 Å². The second kappa shape index (κ2) is 9.55. The molecule has 3 atom stereocenters. The SMILES string of the molecule is CC1CCCCC1NC(=O)C(CCS(C)(=O)=O)NC(=O)c1ccccc1Cl. The number of hydrogen-bond donors (Lipinski definition) is 2. The maximum Gasteiger partial charge on any atom is 0.253 e. The molecule has 150 valence electrons. The van der Waals surface area contributed by atoms with Gasteiger partial charge in [-0.1, -0.05) is 43.5 Å². The maximum absolute atomic E-state index is 12.8. The molecule has 1 aromatic carbocycles. The maximum atomic E-state index is 12.8. The van der Waals surface area contributed by atoms with Crippen molar-refractivity contribution in [3.05, 3.63) is 34.9 Å². The molecule has 2 N–H and O–H groups in total. The Labute approximate surface area is 166 Å². The van der Waals surface area contributed by atoms with Crippen molar-refractivity contribution in [1.82, 2.24) is 10.6 Å². The first-order chi connectivity index (χ1) is 12.7. The van der Waals surface area contributed by atoms with Crippen LogP contribution in [0.2, 0.25) is 5.02 Å². The van der Waals surface area contributed by atoms with E-state index in [1.54, 1.807) is 24.3 Å². The van der Waals surface area contributed by atoms with E-state index in [1.807, 2.05) is 0 Å². The summed E-state index contributed by atoms with van der Waals surface area (Å²) in [6.07, 6.45) is 5.27. The van der Waals surface area contributed by atoms with Crippen molar-refractivity contribution in [3.63, 3.8) is 0 Å². The lowest BCUT2D eigenvalue weighted by Gasteiger charge is -2.31. The van der Waals surface area contributed by atoms with Crippen LogP contribution in [0.4, 0.5) is 0 Å². The topological polar surface area (TPSA) is 92.3 Å². The first-order valence-electron chi connectivity index (χ1n) is 9.21. The average molecular weight is 415 g/mol. The summed E-state index contributed by atoms with van der Waals surface area (Å²) in [5, 5.41) is 5.92. The molecule has 1 fully saturated rings. The molecule has 0 saturated heterocycles. The third kappa shape index (κ3) is 6.81. The van der Waals surface area contributed by atoms with E-state index < -0.39 is 21.8 Å². The van der Waals surface area contributed by atoms with Crippen molar-refractivity contribution in [1.29, 1.82) is 0 Å². The zero-order chi connectivity index (χ0) is 20.0. The number of carbonyl (C=O) groups excluding carboxylic acids is 2. The lowest BCUT2D eigenvalue weighted by atomic mass is 9.86. The van der Waals surface area contributed by atoms with Crippen molar-refractivity contribution in [2.75, 3.05) is 12.0 Å². The normalized spacial score (nSPS) is 21.3. The molecular weight excluding hydrogens is 388 g/mol. The van der Waals surface area contributed by atoms with E-state index >= 15 is 0 Å². The fourth-order valence-corrected chi connectivity index (χ4v) is 4.18. The Morgan fingerprint density at radius 2 is 1.89 bits per heavy atom. The molecule has 3 unspecified atom stereocenters. The lowest BCUT2D eigenvalue weighted by Crippen LogP contribution is -2.52. The van der Waals surface area contributed by atoms with Crippen molar-refractivity contribution in [2.24, 2.45) is 5.92 Å². The summed E-state index contributed by atoms with van der Waals surface area (Å²) >= 11 is 6.05. The number of carbonyl (C=O) groups is 2. The molecule has 8 heteroatoms. The van der Waals surface area contributed by atoms with Crippen LogP contribution in [0.25, 0.3) is 0 Å². The van der Waals surface area contributed by atoms with Crippen LogP contribution in [-0.4, -0.2) is 44.3 Å². The first-order valence-corrected chi connectivity index (χ1v) is 11.6. The smallest absolute Gasteiger partial charge is 0.253 e. The van der Waals surface area contributed by atoms with Crippen molar-refractivity contribution in [3.8, 4) is 0 Å². The number of hydrogen-bond acceptors (Lipinski definition) is 4. The van der Waals surface area contributed by atoms with Crippen LogP contribution in [0.3, 0.4) is 0 Å². The van der Waals surface area contributed by atoms with E-state index in [1.165, 1.54) is 0 Å². The minimum Gasteiger partial charge on any atom is -0.351 e. The highest BCUT2D eigenvalue weighted by Crippen LogP contribution is 2.24. The summed E-state index contributed by atoms with van der Waals surface area (Å²) in [5.41, 5.74) is 0.252. The second-order valence-electron chi connectivity index (χ2n) is 7.30. The van der Waals surface area contributed by atoms with Gasteiger partial charge in [-0.05, 0) is 37.3 Å². The summed E-state index contributed by atoms with van der Waals surface area (Å²) in [7, 11) is -3.26. The van der Waals surface area contributed by atoms with Crippen molar-refractivity contribution >= 4 is 33.3 Å². The largest absolute Gasteiger partial charge is 0.351 e. The van der Waals surface area contributed by atoms with Crippen LogP contribution in [0.5, 0.6) is 0 Å². The van der Waals surface area contributed by atoms with Gasteiger partial charge in [0.2, 0.25) is 5.91 Å². The molecule has 0 aromatic heterocycles. The molecule has 0 bridgehead atoms. The van der Waals surface area contributed by atoms with Crippen LogP contribution in [-0.2, 0) is 14.6 Å². The van der Waals surface area contributed by atoms with Crippen LogP contribution >= 0.6 is 11.6 Å². The summed E-state index contributed by atoms with van der Waals surface area (Å²) < 4.78 is 23.1. The number of nitrogens with one attached hydrogen (secondary N) is 2. The fraction of sp³-hybridized carbons (Fsp3) is 0.579. The summed E-state index contributed by atoms with van der Waals surface area (Å²) in [4.78, 5) is 25.3. The van der Waals surface area contributed by atoms with Gasteiger partial charge < -0.3 is 10.6 Å². The third-order valence-electron chi connectivity index (χ3n) is 4.96. The van der Waals surface area contributed by atoms with E-state index in [4.69, 9.17) is 11.6 Å². The summed E-state index contributed by atoms with van der Waals surface area (Å²) in [6, 6.07) is 5.65. The standard InChI is InChI=1S/C19H27ClN2O4S/c1-13-7-3-6-10-16(13)21-19(24)17(11-12-27(2,25)26)22-18(23)14-8-4-5-9-15(14)20/h4-5,8-9,13,16-17H,3,6-7,10-12H2,1-2H3,(H,21,24)(H,22,23). The molecule has 0 heterocycles. The molecule has 6 nitrogen and oxygen atoms in total. The van der Waals surface area contributed by atoms with Crippen molar-refractivity contribution < 1.29 is 18.0 Å². The Morgan fingerprint density at radius 3 is 2.52 bits per heavy atom. The van der Waals surface area contributed by atoms with Crippen LogP contribution < -0.4 is 10.6 Å². The highest BCUT2D eigenvalue weighted by molar-refractivity contribution is 7.90. The van der Waals surface area contributed by atoms with E-state index in [-0.39, 0.29) is 34.7 Å². The van der Waals surface area contributed by atoms with Gasteiger partial charge in [-0.15, -0.1) is 0 Å². The van der Waals surface area contributed by atoms with Gasteiger partial charge in [-0.25, -0.2) is 8.42 Å². The average Bonchev–Trinajstić information content (AvgIpc) is 2.60. The Morgan fingerprint density at radius 1 is 1.22 bits per heavy atom. The predicted octanol–water partition coefficient (Wildman–Crippen LogP) is 2.57. The zero-order valence-electron chi connectivity index (χ0n) is 15.7. The molecule has 1 aliphatic rings.